The van der Waals surface area contributed by atoms with E-state index in [1.807, 2.05) is 0 Å². The van der Waals surface area contributed by atoms with Gasteiger partial charge in [-0.25, -0.2) is 0 Å². The van der Waals surface area contributed by atoms with Crippen LogP contribution in [0.5, 0.6) is 0 Å². The molecule has 0 heteroatoms. The highest BCUT2D eigenvalue weighted by Gasteiger charge is 2.39. The van der Waals surface area contributed by atoms with Crippen LogP contribution in [0.25, 0.3) is 109 Å². The van der Waals surface area contributed by atoms with E-state index >= 15 is 0 Å². The van der Waals surface area contributed by atoms with Crippen LogP contribution in [0.2, 0.25) is 0 Å². The van der Waals surface area contributed by atoms with Gasteiger partial charge >= 0.3 is 0 Å². The van der Waals surface area contributed by atoms with Gasteiger partial charge in [-0.1, -0.05) is 196 Å². The standard InChI is InChI=1S/C57H38/c1-57(2)51-32-30-36-16-4-6-21-41(36)54(51)55-44-23-8-7-22-42(44)50-34-38(29-31-49(50)56(55)57)37-18-13-19-39(33-37)52-45-24-9-11-26-47(45)53(48-27-12-10-25-46(48)52)43-28-14-17-35-15-3-5-20-40(35)43/h3-34H,1-2H3. The molecule has 0 bridgehead atoms. The largest absolute Gasteiger partial charge is 0.0616 e. The van der Waals surface area contributed by atoms with Crippen LogP contribution in [0.4, 0.5) is 0 Å². The van der Waals surface area contributed by atoms with Gasteiger partial charge in [0.25, 0.3) is 0 Å². The zero-order chi connectivity index (χ0) is 37.8. The van der Waals surface area contributed by atoms with E-state index in [0.29, 0.717) is 0 Å². The summed E-state index contributed by atoms with van der Waals surface area (Å²) in [6.45, 7) is 4.83. The van der Waals surface area contributed by atoms with Gasteiger partial charge in [0.05, 0.1) is 0 Å². The van der Waals surface area contributed by atoms with Crippen LogP contribution in [-0.4, -0.2) is 0 Å². The molecular weight excluding hydrogens is 685 g/mol. The Morgan fingerprint density at radius 1 is 0.281 bits per heavy atom. The molecule has 1 aliphatic carbocycles. The third-order valence-electron chi connectivity index (χ3n) is 13.0. The monoisotopic (exact) mass is 722 g/mol. The first-order chi connectivity index (χ1) is 28.1. The molecule has 0 unspecified atom stereocenters. The van der Waals surface area contributed by atoms with Crippen molar-refractivity contribution in [2.24, 2.45) is 0 Å². The topological polar surface area (TPSA) is 0 Å². The molecule has 0 saturated heterocycles. The molecule has 0 nitrogen and oxygen atoms in total. The van der Waals surface area contributed by atoms with Gasteiger partial charge in [0.15, 0.2) is 0 Å². The molecule has 0 saturated carbocycles. The second-order valence-corrected chi connectivity index (χ2v) is 16.3. The fourth-order valence-corrected chi connectivity index (χ4v) is 10.5. The van der Waals surface area contributed by atoms with Gasteiger partial charge in [-0.05, 0) is 132 Å². The molecule has 0 aliphatic heterocycles. The number of rotatable bonds is 3. The molecular formula is C57H38. The van der Waals surface area contributed by atoms with Crippen molar-refractivity contribution in [3.05, 3.63) is 205 Å². The first kappa shape index (κ1) is 32.2. The van der Waals surface area contributed by atoms with E-state index in [0.717, 1.165) is 0 Å². The lowest BCUT2D eigenvalue weighted by Crippen LogP contribution is -2.15. The number of hydrogen-bond donors (Lipinski definition) is 0. The lowest BCUT2D eigenvalue weighted by molar-refractivity contribution is 0.667. The molecule has 0 atom stereocenters. The first-order valence-corrected chi connectivity index (χ1v) is 20.1. The molecule has 11 aromatic rings. The van der Waals surface area contributed by atoms with Crippen molar-refractivity contribution >= 4 is 64.6 Å². The summed E-state index contributed by atoms with van der Waals surface area (Å²) in [5.41, 5.74) is 13.0. The maximum Gasteiger partial charge on any atom is 0.0165 e. The minimum Gasteiger partial charge on any atom is -0.0616 e. The van der Waals surface area contributed by atoms with Crippen molar-refractivity contribution < 1.29 is 0 Å². The highest BCUT2D eigenvalue weighted by Crippen LogP contribution is 2.57. The highest BCUT2D eigenvalue weighted by molar-refractivity contribution is 6.24. The summed E-state index contributed by atoms with van der Waals surface area (Å²) < 4.78 is 0. The fourth-order valence-electron chi connectivity index (χ4n) is 10.5. The van der Waals surface area contributed by atoms with Crippen molar-refractivity contribution in [2.75, 3.05) is 0 Å². The number of benzene rings is 11. The molecule has 0 N–H and O–H groups in total. The molecule has 0 aromatic heterocycles. The maximum atomic E-state index is 2.45. The van der Waals surface area contributed by atoms with E-state index in [-0.39, 0.29) is 5.41 Å². The van der Waals surface area contributed by atoms with Crippen LogP contribution in [0.3, 0.4) is 0 Å². The highest BCUT2D eigenvalue weighted by atomic mass is 14.4. The first-order valence-electron chi connectivity index (χ1n) is 20.1. The smallest absolute Gasteiger partial charge is 0.0165 e. The molecule has 0 radical (unpaired) electrons. The van der Waals surface area contributed by atoms with Crippen LogP contribution in [-0.2, 0) is 5.41 Å². The zero-order valence-electron chi connectivity index (χ0n) is 32.0. The summed E-state index contributed by atoms with van der Waals surface area (Å²) in [6.07, 6.45) is 0. The van der Waals surface area contributed by atoms with Crippen LogP contribution in [0, 0.1) is 0 Å². The van der Waals surface area contributed by atoms with Gasteiger partial charge < -0.3 is 0 Å². The van der Waals surface area contributed by atoms with Crippen LogP contribution in [0.1, 0.15) is 25.0 Å². The van der Waals surface area contributed by atoms with E-state index < -0.39 is 0 Å². The Labute approximate surface area is 332 Å². The summed E-state index contributed by atoms with van der Waals surface area (Å²) >= 11 is 0. The summed E-state index contributed by atoms with van der Waals surface area (Å²) in [5.74, 6) is 0. The Morgan fingerprint density at radius 3 is 1.49 bits per heavy atom. The quantitative estimate of drug-likeness (QED) is 0.126. The van der Waals surface area contributed by atoms with Gasteiger partial charge in [-0.15, -0.1) is 0 Å². The Bertz CT molecular complexity index is 3430. The fraction of sp³-hybridized carbons (Fsp3) is 0.0526. The van der Waals surface area contributed by atoms with Gasteiger partial charge in [-0.2, -0.15) is 0 Å². The van der Waals surface area contributed by atoms with Gasteiger partial charge in [0.1, 0.15) is 0 Å². The Morgan fingerprint density at radius 2 is 0.789 bits per heavy atom. The molecule has 266 valence electrons. The van der Waals surface area contributed by atoms with Crippen LogP contribution in [0.15, 0.2) is 194 Å². The summed E-state index contributed by atoms with van der Waals surface area (Å²) in [4.78, 5) is 0. The Kier molecular flexibility index (Phi) is 6.78. The molecule has 0 heterocycles. The van der Waals surface area contributed by atoms with E-state index in [9.17, 15) is 0 Å². The van der Waals surface area contributed by atoms with Crippen molar-refractivity contribution in [3.63, 3.8) is 0 Å². The molecule has 57 heavy (non-hydrogen) atoms. The molecule has 12 rings (SSSR count). The normalized spacial score (nSPS) is 13.2. The van der Waals surface area contributed by atoms with E-state index in [1.165, 1.54) is 120 Å². The van der Waals surface area contributed by atoms with E-state index in [4.69, 9.17) is 0 Å². The molecule has 0 spiro atoms. The summed E-state index contributed by atoms with van der Waals surface area (Å²) in [5, 5.41) is 15.5. The Balaban J connectivity index is 1.08. The van der Waals surface area contributed by atoms with Crippen molar-refractivity contribution in [1.29, 1.82) is 0 Å². The average Bonchev–Trinajstić information content (AvgIpc) is 3.52. The number of fused-ring (bicyclic) bond motifs is 13. The molecule has 0 fully saturated rings. The second-order valence-electron chi connectivity index (χ2n) is 16.3. The van der Waals surface area contributed by atoms with Gasteiger partial charge in [0.2, 0.25) is 0 Å². The van der Waals surface area contributed by atoms with Crippen molar-refractivity contribution in [1.82, 2.24) is 0 Å². The molecule has 1 aliphatic rings. The lowest BCUT2D eigenvalue weighted by Gasteiger charge is -2.24. The van der Waals surface area contributed by atoms with E-state index in [1.54, 1.807) is 0 Å². The van der Waals surface area contributed by atoms with Crippen molar-refractivity contribution in [2.45, 2.75) is 19.3 Å². The van der Waals surface area contributed by atoms with Crippen LogP contribution < -0.4 is 0 Å². The minimum absolute atomic E-state index is 0.140. The maximum absolute atomic E-state index is 2.45. The predicted octanol–water partition coefficient (Wildman–Crippen LogP) is 15.9. The molecule has 0 amide bonds. The third-order valence-corrected chi connectivity index (χ3v) is 13.0. The average molecular weight is 723 g/mol. The summed E-state index contributed by atoms with van der Waals surface area (Å²) in [7, 11) is 0. The molecule has 11 aromatic carbocycles. The second kappa shape index (κ2) is 12.0. The van der Waals surface area contributed by atoms with Gasteiger partial charge in [-0.3, -0.25) is 0 Å². The van der Waals surface area contributed by atoms with Crippen LogP contribution >= 0.6 is 0 Å². The van der Waals surface area contributed by atoms with Crippen molar-refractivity contribution in [3.8, 4) is 44.5 Å². The predicted molar refractivity (Wildman–Crippen MR) is 245 cm³/mol. The summed E-state index contributed by atoms with van der Waals surface area (Å²) in [6, 6.07) is 72.5. The van der Waals surface area contributed by atoms with Gasteiger partial charge in [0, 0.05) is 5.41 Å². The minimum atomic E-state index is -0.140. The van der Waals surface area contributed by atoms with E-state index in [2.05, 4.69) is 208 Å². The Hall–Kier alpha value is -7.02. The SMILES string of the molecule is CC1(C)c2ccc3ccccc3c2-c2c1c1ccc(-c3cccc(-c4c5ccccc5c(-c5cccc6ccccc56)c5ccccc45)c3)cc1c1ccccc21. The third kappa shape index (κ3) is 4.56. The zero-order valence-corrected chi connectivity index (χ0v) is 32.0. The lowest BCUT2D eigenvalue weighted by atomic mass is 9.78. The number of hydrogen-bond acceptors (Lipinski definition) is 0.